The Morgan fingerprint density at radius 3 is 2.35 bits per heavy atom. The van der Waals surface area contributed by atoms with Crippen molar-refractivity contribution < 1.29 is 5.11 Å². The number of rotatable bonds is 5. The van der Waals surface area contributed by atoms with E-state index in [0.717, 1.165) is 17.6 Å². The van der Waals surface area contributed by atoms with Gasteiger partial charge in [-0.3, -0.25) is 0 Å². The van der Waals surface area contributed by atoms with Crippen LogP contribution in [0.15, 0.2) is 53.4 Å². The van der Waals surface area contributed by atoms with E-state index in [1.165, 1.54) is 5.20 Å². The molecule has 108 valence electrons. The van der Waals surface area contributed by atoms with Crippen LogP contribution in [0.4, 0.5) is 0 Å². The number of allylic oxidation sites excluding steroid dienone is 2. The molecule has 1 aromatic rings. The van der Waals surface area contributed by atoms with Crippen molar-refractivity contribution in [3.05, 3.63) is 64.0 Å². The van der Waals surface area contributed by atoms with Gasteiger partial charge in [0, 0.05) is 5.02 Å². The van der Waals surface area contributed by atoms with E-state index in [1.807, 2.05) is 19.1 Å². The van der Waals surface area contributed by atoms with Gasteiger partial charge in [0.2, 0.25) is 0 Å². The van der Waals surface area contributed by atoms with Crippen LogP contribution in [0.2, 0.25) is 24.7 Å². The lowest BCUT2D eigenvalue weighted by Gasteiger charge is -2.18. The molecule has 0 fully saturated rings. The van der Waals surface area contributed by atoms with Crippen molar-refractivity contribution >= 4 is 19.7 Å². The molecule has 0 heterocycles. The predicted octanol–water partition coefficient (Wildman–Crippen LogP) is 5.30. The summed E-state index contributed by atoms with van der Waals surface area (Å²) in [6.45, 7) is 12.6. The number of halogens is 1. The van der Waals surface area contributed by atoms with Crippen molar-refractivity contribution in [3.8, 4) is 0 Å². The van der Waals surface area contributed by atoms with E-state index in [1.54, 1.807) is 12.1 Å². The van der Waals surface area contributed by atoms with Crippen LogP contribution in [-0.4, -0.2) is 13.2 Å². The van der Waals surface area contributed by atoms with E-state index in [2.05, 4.69) is 38.0 Å². The number of aliphatic hydroxyl groups is 1. The molecular weight excluding hydrogens is 284 g/mol. The highest BCUT2D eigenvalue weighted by atomic mass is 35.5. The zero-order valence-electron chi connectivity index (χ0n) is 12.7. The summed E-state index contributed by atoms with van der Waals surface area (Å²) >= 11 is 5.86. The number of aliphatic hydroxyl groups excluding tert-OH is 1. The zero-order chi connectivity index (χ0) is 15.3. The van der Waals surface area contributed by atoms with Gasteiger partial charge in [-0.2, -0.15) is 0 Å². The average molecular weight is 307 g/mol. The predicted molar refractivity (Wildman–Crippen MR) is 90.8 cm³/mol. The molecule has 1 rings (SSSR count). The maximum atomic E-state index is 10.3. The summed E-state index contributed by atoms with van der Waals surface area (Å²) in [7, 11) is -1.38. The van der Waals surface area contributed by atoms with Gasteiger partial charge in [0.25, 0.3) is 0 Å². The fraction of sp³-hybridized carbons (Fsp3) is 0.353. The largest absolute Gasteiger partial charge is 0.384 e. The Morgan fingerprint density at radius 1 is 1.35 bits per heavy atom. The minimum absolute atomic E-state index is 0.583. The molecule has 0 aromatic heterocycles. The normalized spacial score (nSPS) is 13.8. The van der Waals surface area contributed by atoms with Gasteiger partial charge in [-0.25, -0.2) is 0 Å². The first-order valence-electron chi connectivity index (χ1n) is 6.75. The summed E-state index contributed by atoms with van der Waals surface area (Å²) in [5.74, 6) is 0. The Hall–Kier alpha value is -1.05. The van der Waals surface area contributed by atoms with Gasteiger partial charge >= 0.3 is 0 Å². The van der Waals surface area contributed by atoms with E-state index in [-0.39, 0.29) is 0 Å². The van der Waals surface area contributed by atoms with Crippen LogP contribution < -0.4 is 0 Å². The second-order valence-electron chi connectivity index (χ2n) is 6.01. The van der Waals surface area contributed by atoms with E-state index in [4.69, 9.17) is 11.6 Å². The Kier molecular flexibility index (Phi) is 6.03. The number of hydrogen-bond acceptors (Lipinski definition) is 1. The van der Waals surface area contributed by atoms with Crippen LogP contribution in [0.3, 0.4) is 0 Å². The van der Waals surface area contributed by atoms with Gasteiger partial charge in [-0.05, 0) is 41.8 Å². The standard InChI is InChI=1S/C17H23ClOSi/c1-6-16(20(3,4)5)12-7-13(2)17(19)14-8-10-15(18)11-9-14/h7-11,17,19H,1,12H2,2-5H3/b13-7+. The summed E-state index contributed by atoms with van der Waals surface area (Å²) in [5.41, 5.74) is 4.87. The first-order valence-corrected chi connectivity index (χ1v) is 10.6. The number of hydrogen-bond donors (Lipinski definition) is 1. The quantitative estimate of drug-likeness (QED) is 0.445. The van der Waals surface area contributed by atoms with Crippen LogP contribution in [0.5, 0.6) is 0 Å². The smallest absolute Gasteiger partial charge is 0.0998 e. The Labute approximate surface area is 128 Å². The minimum Gasteiger partial charge on any atom is -0.384 e. The summed E-state index contributed by atoms with van der Waals surface area (Å²) in [4.78, 5) is 0. The summed E-state index contributed by atoms with van der Waals surface area (Å²) in [6.07, 6.45) is 2.31. The molecule has 1 atom stereocenters. The molecule has 1 unspecified atom stereocenters. The third-order valence-electron chi connectivity index (χ3n) is 3.36. The van der Waals surface area contributed by atoms with Crippen molar-refractivity contribution in [2.45, 2.75) is 39.1 Å². The second-order valence-corrected chi connectivity index (χ2v) is 11.6. The third-order valence-corrected chi connectivity index (χ3v) is 5.81. The minimum atomic E-state index is -1.38. The third kappa shape index (κ3) is 4.81. The molecule has 0 spiro atoms. The van der Waals surface area contributed by atoms with Gasteiger partial charge < -0.3 is 5.11 Å². The highest BCUT2D eigenvalue weighted by Crippen LogP contribution is 2.25. The lowest BCUT2D eigenvalue weighted by atomic mass is 10.0. The molecule has 0 amide bonds. The maximum Gasteiger partial charge on any atom is 0.0998 e. The van der Waals surface area contributed by atoms with Crippen LogP contribution >= 0.6 is 11.6 Å². The molecule has 0 radical (unpaired) electrons. The molecular formula is C17H23ClOSi. The van der Waals surface area contributed by atoms with Crippen LogP contribution in [0.25, 0.3) is 0 Å². The maximum absolute atomic E-state index is 10.3. The van der Waals surface area contributed by atoms with Gasteiger partial charge in [0.1, 0.15) is 0 Å². The lowest BCUT2D eigenvalue weighted by molar-refractivity contribution is 0.215. The van der Waals surface area contributed by atoms with Crippen molar-refractivity contribution in [2.24, 2.45) is 0 Å². The molecule has 0 bridgehead atoms. The molecule has 0 saturated carbocycles. The van der Waals surface area contributed by atoms with E-state index in [0.29, 0.717) is 5.02 Å². The molecule has 0 aliphatic heterocycles. The van der Waals surface area contributed by atoms with Gasteiger partial charge in [0.15, 0.2) is 0 Å². The molecule has 3 heteroatoms. The monoisotopic (exact) mass is 306 g/mol. The fourth-order valence-corrected chi connectivity index (χ4v) is 3.30. The molecule has 0 aliphatic carbocycles. The molecule has 1 N–H and O–H groups in total. The molecule has 0 aliphatic rings. The SMILES string of the molecule is C=C=C(C/C=C(\C)C(O)c1ccc(Cl)cc1)[Si](C)(C)C. The van der Waals surface area contributed by atoms with Gasteiger partial charge in [-0.15, -0.1) is 5.73 Å². The lowest BCUT2D eigenvalue weighted by Crippen LogP contribution is -2.23. The van der Waals surface area contributed by atoms with Crippen molar-refractivity contribution in [1.82, 2.24) is 0 Å². The molecule has 20 heavy (non-hydrogen) atoms. The first kappa shape index (κ1) is 17.0. The van der Waals surface area contributed by atoms with E-state index >= 15 is 0 Å². The van der Waals surface area contributed by atoms with Gasteiger partial charge in [-0.1, -0.05) is 56.0 Å². The Morgan fingerprint density at radius 2 is 1.90 bits per heavy atom. The topological polar surface area (TPSA) is 20.2 Å². The summed E-state index contributed by atoms with van der Waals surface area (Å²) in [6, 6.07) is 7.30. The molecule has 1 aromatic carbocycles. The van der Waals surface area contributed by atoms with Crippen LogP contribution in [-0.2, 0) is 0 Å². The fourth-order valence-electron chi connectivity index (χ4n) is 1.93. The second kappa shape index (κ2) is 7.10. The van der Waals surface area contributed by atoms with Crippen molar-refractivity contribution in [1.29, 1.82) is 0 Å². The van der Waals surface area contributed by atoms with Crippen molar-refractivity contribution in [3.63, 3.8) is 0 Å². The summed E-state index contributed by atoms with van der Waals surface area (Å²) < 4.78 is 0. The average Bonchev–Trinajstić information content (AvgIpc) is 2.37. The number of benzene rings is 1. The Balaban J connectivity index is 2.84. The Bertz CT molecular complexity index is 531. The van der Waals surface area contributed by atoms with Gasteiger partial charge in [0.05, 0.1) is 14.2 Å². The van der Waals surface area contributed by atoms with Crippen LogP contribution in [0, 0.1) is 0 Å². The highest BCUT2D eigenvalue weighted by molar-refractivity contribution is 6.83. The zero-order valence-corrected chi connectivity index (χ0v) is 14.5. The van der Waals surface area contributed by atoms with Crippen LogP contribution in [0.1, 0.15) is 25.0 Å². The molecule has 1 nitrogen and oxygen atoms in total. The first-order chi connectivity index (χ1) is 9.25. The highest BCUT2D eigenvalue weighted by Gasteiger charge is 2.18. The van der Waals surface area contributed by atoms with E-state index < -0.39 is 14.2 Å². The summed E-state index contributed by atoms with van der Waals surface area (Å²) in [5, 5.41) is 12.3. The van der Waals surface area contributed by atoms with E-state index in [9.17, 15) is 5.11 Å². The molecule has 0 saturated heterocycles. The van der Waals surface area contributed by atoms with Crippen molar-refractivity contribution in [2.75, 3.05) is 0 Å².